The fourth-order valence-electron chi connectivity index (χ4n) is 2.53. The molecule has 0 saturated carbocycles. The molecule has 1 aliphatic heterocycles. The van der Waals surface area contributed by atoms with E-state index < -0.39 is 6.10 Å². The van der Waals surface area contributed by atoms with E-state index in [1.165, 1.54) is 4.88 Å². The van der Waals surface area contributed by atoms with Crippen molar-refractivity contribution in [3.05, 3.63) is 22.4 Å². The molecule has 4 nitrogen and oxygen atoms in total. The zero-order valence-corrected chi connectivity index (χ0v) is 13.8. The highest BCUT2D eigenvalue weighted by Crippen LogP contribution is 2.14. The predicted octanol–water partition coefficient (Wildman–Crippen LogP) is 2.17. The second-order valence-electron chi connectivity index (χ2n) is 5.87. The number of hydrogen-bond acceptors (Lipinski definition) is 5. The lowest BCUT2D eigenvalue weighted by atomic mass is 10.1. The van der Waals surface area contributed by atoms with E-state index in [0.717, 1.165) is 32.5 Å². The molecule has 21 heavy (non-hydrogen) atoms. The summed E-state index contributed by atoms with van der Waals surface area (Å²) >= 11 is 1.79. The van der Waals surface area contributed by atoms with Crippen molar-refractivity contribution in [1.29, 1.82) is 0 Å². The van der Waals surface area contributed by atoms with Gasteiger partial charge in [0.05, 0.1) is 18.8 Å². The number of likely N-dealkylation sites (N-methyl/N-ethyl adjacent to an activating group) is 1. The highest BCUT2D eigenvalue weighted by atomic mass is 32.1. The fourth-order valence-corrected chi connectivity index (χ4v) is 3.36. The zero-order valence-electron chi connectivity index (χ0n) is 13.0. The van der Waals surface area contributed by atoms with Crippen LogP contribution < -0.4 is 0 Å². The van der Waals surface area contributed by atoms with Crippen LogP contribution in [0.5, 0.6) is 0 Å². The molecular formula is C16H27NO3S. The average molecular weight is 313 g/mol. The van der Waals surface area contributed by atoms with Crippen LogP contribution in [0, 0.1) is 0 Å². The Morgan fingerprint density at radius 1 is 1.48 bits per heavy atom. The topological polar surface area (TPSA) is 41.9 Å². The lowest BCUT2D eigenvalue weighted by Gasteiger charge is -2.28. The molecule has 2 unspecified atom stereocenters. The van der Waals surface area contributed by atoms with Crippen molar-refractivity contribution in [2.24, 2.45) is 0 Å². The molecule has 0 amide bonds. The molecule has 0 bridgehead atoms. The predicted molar refractivity (Wildman–Crippen MR) is 85.9 cm³/mol. The summed E-state index contributed by atoms with van der Waals surface area (Å²) in [4.78, 5) is 3.60. The van der Waals surface area contributed by atoms with Gasteiger partial charge in [0, 0.05) is 30.7 Å². The van der Waals surface area contributed by atoms with Gasteiger partial charge in [-0.2, -0.15) is 0 Å². The molecule has 1 fully saturated rings. The Kier molecular flexibility index (Phi) is 7.13. The summed E-state index contributed by atoms with van der Waals surface area (Å²) in [6.45, 7) is 4.82. The molecule has 1 aliphatic rings. The Labute approximate surface area is 131 Å². The first kappa shape index (κ1) is 16.9. The first-order valence-electron chi connectivity index (χ1n) is 7.75. The molecule has 1 N–H and O–H groups in total. The van der Waals surface area contributed by atoms with Gasteiger partial charge in [-0.25, -0.2) is 0 Å². The third kappa shape index (κ3) is 6.04. The summed E-state index contributed by atoms with van der Waals surface area (Å²) in [5.41, 5.74) is 0. The standard InChI is InChI=1S/C16H27NO3S/c1-13(10-16-4-3-9-21-16)17(2)11-14(18)12-20-15-5-7-19-8-6-15/h3-4,9,13-15,18H,5-8,10-12H2,1-2H3. The molecule has 0 aliphatic carbocycles. The molecule has 2 rings (SSSR count). The summed E-state index contributed by atoms with van der Waals surface area (Å²) in [6, 6.07) is 4.67. The minimum Gasteiger partial charge on any atom is -0.389 e. The number of rotatable bonds is 8. The monoisotopic (exact) mass is 313 g/mol. The maximum Gasteiger partial charge on any atom is 0.0900 e. The number of aliphatic hydroxyl groups excluding tert-OH is 1. The Morgan fingerprint density at radius 3 is 2.90 bits per heavy atom. The van der Waals surface area contributed by atoms with Crippen molar-refractivity contribution < 1.29 is 14.6 Å². The summed E-state index contributed by atoms with van der Waals surface area (Å²) in [7, 11) is 2.07. The quantitative estimate of drug-likeness (QED) is 0.799. The summed E-state index contributed by atoms with van der Waals surface area (Å²) in [5, 5.41) is 12.2. The summed E-state index contributed by atoms with van der Waals surface area (Å²) in [5.74, 6) is 0. The number of nitrogens with zero attached hydrogens (tertiary/aromatic N) is 1. The van der Waals surface area contributed by atoms with Crippen LogP contribution in [-0.2, 0) is 15.9 Å². The van der Waals surface area contributed by atoms with Crippen molar-refractivity contribution >= 4 is 11.3 Å². The SMILES string of the molecule is CC(Cc1cccs1)N(C)CC(O)COC1CCOCC1. The van der Waals surface area contributed by atoms with Crippen LogP contribution in [0.25, 0.3) is 0 Å². The van der Waals surface area contributed by atoms with E-state index in [1.54, 1.807) is 11.3 Å². The number of aliphatic hydroxyl groups is 1. The third-order valence-electron chi connectivity index (χ3n) is 4.02. The number of hydrogen-bond donors (Lipinski definition) is 1. The van der Waals surface area contributed by atoms with Crippen LogP contribution >= 0.6 is 11.3 Å². The van der Waals surface area contributed by atoms with Gasteiger partial charge in [0.1, 0.15) is 0 Å². The minimum absolute atomic E-state index is 0.252. The van der Waals surface area contributed by atoms with Crippen molar-refractivity contribution in [3.63, 3.8) is 0 Å². The van der Waals surface area contributed by atoms with Gasteiger partial charge in [0.25, 0.3) is 0 Å². The molecule has 1 saturated heterocycles. The first-order valence-corrected chi connectivity index (χ1v) is 8.63. The largest absolute Gasteiger partial charge is 0.389 e. The second-order valence-corrected chi connectivity index (χ2v) is 6.90. The van der Waals surface area contributed by atoms with Gasteiger partial charge in [-0.3, -0.25) is 0 Å². The van der Waals surface area contributed by atoms with Crippen molar-refractivity contribution in [3.8, 4) is 0 Å². The Bertz CT molecular complexity index is 379. The fraction of sp³-hybridized carbons (Fsp3) is 0.750. The number of ether oxygens (including phenoxy) is 2. The Morgan fingerprint density at radius 2 is 2.24 bits per heavy atom. The lowest BCUT2D eigenvalue weighted by molar-refractivity contribution is -0.0643. The van der Waals surface area contributed by atoms with Crippen LogP contribution in [0.2, 0.25) is 0 Å². The lowest BCUT2D eigenvalue weighted by Crippen LogP contribution is -2.39. The molecule has 0 aromatic carbocycles. The average Bonchev–Trinajstić information content (AvgIpc) is 2.99. The molecule has 0 radical (unpaired) electrons. The molecule has 1 aromatic rings. The maximum absolute atomic E-state index is 10.1. The maximum atomic E-state index is 10.1. The van der Waals surface area contributed by atoms with E-state index in [0.29, 0.717) is 19.2 Å². The van der Waals surface area contributed by atoms with E-state index >= 15 is 0 Å². The van der Waals surface area contributed by atoms with Gasteiger partial charge in [-0.05, 0) is 44.7 Å². The third-order valence-corrected chi connectivity index (χ3v) is 4.92. The van der Waals surface area contributed by atoms with Gasteiger partial charge < -0.3 is 19.5 Å². The van der Waals surface area contributed by atoms with E-state index in [2.05, 4.69) is 36.4 Å². The highest BCUT2D eigenvalue weighted by molar-refractivity contribution is 7.09. The molecule has 0 spiro atoms. The van der Waals surface area contributed by atoms with E-state index in [4.69, 9.17) is 9.47 Å². The summed E-state index contributed by atoms with van der Waals surface area (Å²) < 4.78 is 11.1. The van der Waals surface area contributed by atoms with Gasteiger partial charge in [0.15, 0.2) is 0 Å². The van der Waals surface area contributed by atoms with Crippen LogP contribution in [0.1, 0.15) is 24.6 Å². The molecular weight excluding hydrogens is 286 g/mol. The molecule has 5 heteroatoms. The smallest absolute Gasteiger partial charge is 0.0900 e. The van der Waals surface area contributed by atoms with E-state index in [-0.39, 0.29) is 6.10 Å². The van der Waals surface area contributed by atoms with Crippen LogP contribution in [0.15, 0.2) is 17.5 Å². The van der Waals surface area contributed by atoms with Crippen LogP contribution in [0.3, 0.4) is 0 Å². The number of thiophene rings is 1. The molecule has 2 atom stereocenters. The first-order chi connectivity index (χ1) is 10.1. The van der Waals surface area contributed by atoms with Gasteiger partial charge in [-0.1, -0.05) is 6.07 Å². The summed E-state index contributed by atoms with van der Waals surface area (Å²) in [6.07, 6.45) is 2.74. The molecule has 2 heterocycles. The van der Waals surface area contributed by atoms with E-state index in [9.17, 15) is 5.11 Å². The van der Waals surface area contributed by atoms with Crippen LogP contribution in [0.4, 0.5) is 0 Å². The Hall–Kier alpha value is -0.460. The molecule has 120 valence electrons. The van der Waals surface area contributed by atoms with Crippen molar-refractivity contribution in [2.45, 2.75) is 44.4 Å². The van der Waals surface area contributed by atoms with Gasteiger partial charge in [0.2, 0.25) is 0 Å². The van der Waals surface area contributed by atoms with Gasteiger partial charge >= 0.3 is 0 Å². The Balaban J connectivity index is 1.64. The van der Waals surface area contributed by atoms with E-state index in [1.807, 2.05) is 0 Å². The second kappa shape index (κ2) is 8.86. The molecule has 1 aromatic heterocycles. The van der Waals surface area contributed by atoms with Crippen LogP contribution in [-0.4, -0.2) is 61.7 Å². The van der Waals surface area contributed by atoms with Crippen molar-refractivity contribution in [2.75, 3.05) is 33.4 Å². The minimum atomic E-state index is -0.427. The normalized spacial score (nSPS) is 19.8. The highest BCUT2D eigenvalue weighted by Gasteiger charge is 2.18. The van der Waals surface area contributed by atoms with Crippen molar-refractivity contribution in [1.82, 2.24) is 4.90 Å². The zero-order chi connectivity index (χ0) is 15.1. The van der Waals surface area contributed by atoms with Gasteiger partial charge in [-0.15, -0.1) is 11.3 Å².